The van der Waals surface area contributed by atoms with Gasteiger partial charge in [0.1, 0.15) is 5.82 Å². The van der Waals surface area contributed by atoms with Crippen molar-refractivity contribution < 1.29 is 4.39 Å². The monoisotopic (exact) mass is 280 g/mol. The van der Waals surface area contributed by atoms with E-state index in [1.54, 1.807) is 6.07 Å². The van der Waals surface area contributed by atoms with Crippen molar-refractivity contribution in [3.05, 3.63) is 35.6 Å². The summed E-state index contributed by atoms with van der Waals surface area (Å²) in [6, 6.07) is 7.06. The molecule has 0 aliphatic heterocycles. The third-order valence-corrected chi connectivity index (χ3v) is 4.42. The summed E-state index contributed by atoms with van der Waals surface area (Å²) in [7, 11) is 0. The molecule has 0 spiro atoms. The summed E-state index contributed by atoms with van der Waals surface area (Å²) >= 11 is 0. The highest BCUT2D eigenvalue weighted by atomic mass is 19.1. The molecule has 0 aliphatic rings. The smallest absolute Gasteiger partial charge is 0.128 e. The number of benzene rings is 1. The van der Waals surface area contributed by atoms with Crippen molar-refractivity contribution in [2.24, 2.45) is 5.73 Å². The second-order valence-electron chi connectivity index (χ2n) is 5.52. The third-order valence-electron chi connectivity index (χ3n) is 4.42. The Hall–Kier alpha value is -0.930. The summed E-state index contributed by atoms with van der Waals surface area (Å²) in [5, 5.41) is 0. The van der Waals surface area contributed by atoms with Crippen molar-refractivity contribution in [1.29, 1.82) is 0 Å². The second kappa shape index (κ2) is 7.75. The van der Waals surface area contributed by atoms with Crippen LogP contribution in [0.3, 0.4) is 0 Å². The Balaban J connectivity index is 3.18. The molecule has 114 valence electrons. The van der Waals surface area contributed by atoms with Crippen molar-refractivity contribution in [3.8, 4) is 0 Å². The largest absolute Gasteiger partial charge is 0.320 e. The van der Waals surface area contributed by atoms with E-state index in [1.165, 1.54) is 6.07 Å². The van der Waals surface area contributed by atoms with Crippen LogP contribution in [-0.2, 0) is 5.54 Å². The van der Waals surface area contributed by atoms with Gasteiger partial charge in [-0.2, -0.15) is 0 Å². The van der Waals surface area contributed by atoms with E-state index >= 15 is 0 Å². The summed E-state index contributed by atoms with van der Waals surface area (Å²) in [5.74, 6) is -0.190. The molecular formula is C17H29FN2. The lowest BCUT2D eigenvalue weighted by atomic mass is 9.79. The fourth-order valence-electron chi connectivity index (χ4n) is 2.97. The van der Waals surface area contributed by atoms with E-state index in [0.29, 0.717) is 5.56 Å². The number of unbranched alkanes of at least 4 members (excludes halogenated alkanes) is 1. The molecule has 0 fully saturated rings. The highest BCUT2D eigenvalue weighted by Crippen LogP contribution is 2.32. The van der Waals surface area contributed by atoms with Gasteiger partial charge >= 0.3 is 0 Å². The van der Waals surface area contributed by atoms with Gasteiger partial charge in [-0.1, -0.05) is 51.8 Å². The van der Waals surface area contributed by atoms with Crippen LogP contribution in [0.5, 0.6) is 0 Å². The minimum absolute atomic E-state index is 0.112. The molecule has 2 N–H and O–H groups in total. The molecule has 0 amide bonds. The molecule has 0 aromatic heterocycles. The zero-order valence-corrected chi connectivity index (χ0v) is 13.3. The number of likely N-dealkylation sites (N-methyl/N-ethyl adjacent to an activating group) is 1. The highest BCUT2D eigenvalue weighted by Gasteiger charge is 2.37. The van der Waals surface area contributed by atoms with Crippen LogP contribution in [0.4, 0.5) is 4.39 Å². The van der Waals surface area contributed by atoms with Crippen LogP contribution >= 0.6 is 0 Å². The van der Waals surface area contributed by atoms with Gasteiger partial charge in [-0.3, -0.25) is 4.90 Å². The topological polar surface area (TPSA) is 29.3 Å². The Morgan fingerprint density at radius 1 is 1.20 bits per heavy atom. The number of nitrogens with zero attached hydrogens (tertiary/aromatic N) is 1. The highest BCUT2D eigenvalue weighted by molar-refractivity contribution is 5.28. The molecule has 0 radical (unpaired) electrons. The quantitative estimate of drug-likeness (QED) is 0.782. The van der Waals surface area contributed by atoms with E-state index in [2.05, 4.69) is 32.6 Å². The van der Waals surface area contributed by atoms with Crippen LogP contribution in [0.2, 0.25) is 0 Å². The van der Waals surface area contributed by atoms with Crippen LogP contribution in [0.15, 0.2) is 24.3 Å². The van der Waals surface area contributed by atoms with Crippen LogP contribution in [0, 0.1) is 5.82 Å². The van der Waals surface area contributed by atoms with Crippen molar-refractivity contribution in [1.82, 2.24) is 4.90 Å². The molecule has 0 aliphatic carbocycles. The van der Waals surface area contributed by atoms with Crippen LogP contribution in [0.25, 0.3) is 0 Å². The maximum absolute atomic E-state index is 14.2. The Morgan fingerprint density at radius 3 is 2.30 bits per heavy atom. The molecule has 2 unspecified atom stereocenters. The fraction of sp³-hybridized carbons (Fsp3) is 0.647. The van der Waals surface area contributed by atoms with Crippen molar-refractivity contribution >= 4 is 0 Å². The number of rotatable bonds is 8. The summed E-state index contributed by atoms with van der Waals surface area (Å²) in [5.41, 5.74) is 6.73. The molecule has 1 aromatic carbocycles. The lowest BCUT2D eigenvalue weighted by molar-refractivity contribution is 0.131. The molecule has 2 atom stereocenters. The number of hydrogen-bond acceptors (Lipinski definition) is 2. The first-order valence-corrected chi connectivity index (χ1v) is 7.79. The summed E-state index contributed by atoms with van der Waals surface area (Å²) in [4.78, 5) is 2.31. The van der Waals surface area contributed by atoms with Gasteiger partial charge in [0, 0.05) is 11.6 Å². The normalized spacial score (nSPS) is 16.1. The molecule has 2 nitrogen and oxygen atoms in total. The lowest BCUT2D eigenvalue weighted by Gasteiger charge is -2.42. The van der Waals surface area contributed by atoms with Crippen LogP contribution < -0.4 is 5.73 Å². The molecule has 20 heavy (non-hydrogen) atoms. The van der Waals surface area contributed by atoms with E-state index in [0.717, 1.165) is 32.4 Å². The molecule has 0 saturated heterocycles. The minimum atomic E-state index is -0.632. The molecule has 1 aromatic rings. The predicted octanol–water partition coefficient (Wildman–Crippen LogP) is 3.90. The van der Waals surface area contributed by atoms with E-state index in [1.807, 2.05) is 12.1 Å². The first kappa shape index (κ1) is 17.1. The van der Waals surface area contributed by atoms with E-state index < -0.39 is 5.54 Å². The zero-order valence-electron chi connectivity index (χ0n) is 13.3. The van der Waals surface area contributed by atoms with Crippen molar-refractivity contribution in [2.75, 3.05) is 13.1 Å². The minimum Gasteiger partial charge on any atom is -0.320 e. The maximum Gasteiger partial charge on any atom is 0.128 e. The van der Waals surface area contributed by atoms with Gasteiger partial charge in [-0.05, 0) is 32.5 Å². The fourth-order valence-corrected chi connectivity index (χ4v) is 2.97. The van der Waals surface area contributed by atoms with Crippen LogP contribution in [0.1, 0.15) is 52.5 Å². The molecule has 1 rings (SSSR count). The third kappa shape index (κ3) is 3.58. The first-order chi connectivity index (χ1) is 9.51. The lowest BCUT2D eigenvalue weighted by Crippen LogP contribution is -2.55. The van der Waals surface area contributed by atoms with Gasteiger partial charge in [0.05, 0.1) is 5.54 Å². The van der Waals surface area contributed by atoms with Gasteiger partial charge in [-0.15, -0.1) is 0 Å². The second-order valence-corrected chi connectivity index (χ2v) is 5.52. The van der Waals surface area contributed by atoms with E-state index in [-0.39, 0.29) is 11.9 Å². The first-order valence-electron chi connectivity index (χ1n) is 7.79. The van der Waals surface area contributed by atoms with Crippen LogP contribution in [-0.4, -0.2) is 24.0 Å². The van der Waals surface area contributed by atoms with Crippen molar-refractivity contribution in [3.63, 3.8) is 0 Å². The van der Waals surface area contributed by atoms with Gasteiger partial charge in [-0.25, -0.2) is 4.39 Å². The molecule has 0 saturated carbocycles. The summed E-state index contributed by atoms with van der Waals surface area (Å²) in [6.07, 6.45) is 2.89. The number of halogens is 1. The molecule has 0 bridgehead atoms. The number of nitrogens with two attached hydrogens (primary N) is 1. The molecule has 0 heterocycles. The SMILES string of the molecule is CCCCC(N)(c1ccccc1F)C(C)N(CC)CC. The standard InChI is InChI=1S/C17H29FN2/c1-5-8-13-17(19,14(4)20(6-2)7-3)15-11-9-10-12-16(15)18/h9-12,14H,5-8,13,19H2,1-4H3. The Labute approximate surface area is 123 Å². The Bertz CT molecular complexity index is 404. The van der Waals surface area contributed by atoms with E-state index in [9.17, 15) is 4.39 Å². The average molecular weight is 280 g/mol. The van der Waals surface area contributed by atoms with E-state index in [4.69, 9.17) is 5.73 Å². The van der Waals surface area contributed by atoms with Gasteiger partial charge in [0.15, 0.2) is 0 Å². The average Bonchev–Trinajstić information content (AvgIpc) is 2.46. The Morgan fingerprint density at radius 2 is 1.80 bits per heavy atom. The number of hydrogen-bond donors (Lipinski definition) is 1. The van der Waals surface area contributed by atoms with Crippen molar-refractivity contribution in [2.45, 2.75) is 58.5 Å². The van der Waals surface area contributed by atoms with Gasteiger partial charge in [0.2, 0.25) is 0 Å². The predicted molar refractivity (Wildman–Crippen MR) is 84.2 cm³/mol. The summed E-state index contributed by atoms with van der Waals surface area (Å²) in [6.45, 7) is 10.4. The van der Waals surface area contributed by atoms with Gasteiger partial charge < -0.3 is 5.73 Å². The summed E-state index contributed by atoms with van der Waals surface area (Å²) < 4.78 is 14.2. The molecular weight excluding hydrogens is 251 g/mol. The zero-order chi connectivity index (χ0) is 15.2. The maximum atomic E-state index is 14.2. The van der Waals surface area contributed by atoms with Gasteiger partial charge in [0.25, 0.3) is 0 Å². The Kier molecular flexibility index (Phi) is 6.63. The molecule has 3 heteroatoms.